The molecule has 0 saturated carbocycles. The lowest BCUT2D eigenvalue weighted by molar-refractivity contribution is 0.134. The number of aryl methyl sites for hydroxylation is 2. The highest BCUT2D eigenvalue weighted by Crippen LogP contribution is 2.37. The summed E-state index contributed by atoms with van der Waals surface area (Å²) in [6, 6.07) is 17.1. The van der Waals surface area contributed by atoms with E-state index >= 15 is 0 Å². The molecular formula is C25H31Cl2N5OS. The van der Waals surface area contributed by atoms with Gasteiger partial charge in [0, 0.05) is 25.7 Å². The maximum Gasteiger partial charge on any atom is 0.158 e. The fourth-order valence-electron chi connectivity index (χ4n) is 4.43. The minimum atomic E-state index is 0. The Morgan fingerprint density at radius 3 is 2.62 bits per heavy atom. The number of halogens is 2. The van der Waals surface area contributed by atoms with Crippen LogP contribution in [0.4, 0.5) is 16.4 Å². The van der Waals surface area contributed by atoms with Gasteiger partial charge in [-0.3, -0.25) is 4.90 Å². The maximum absolute atomic E-state index is 5.29. The summed E-state index contributed by atoms with van der Waals surface area (Å²) in [5.74, 6) is 1.90. The number of amidine groups is 1. The lowest BCUT2D eigenvalue weighted by atomic mass is 10.0. The number of piperazine rings is 1. The molecule has 1 atom stereocenters. The number of hydrogen-bond acceptors (Lipinski definition) is 7. The number of nitrogens with one attached hydrogen (secondary N) is 1. The number of aliphatic imine (C=N–C) groups is 1. The van der Waals surface area contributed by atoms with Crippen molar-refractivity contribution in [1.82, 2.24) is 14.8 Å². The van der Waals surface area contributed by atoms with Gasteiger partial charge in [-0.25, -0.2) is 9.98 Å². The van der Waals surface area contributed by atoms with Crippen molar-refractivity contribution < 1.29 is 4.74 Å². The van der Waals surface area contributed by atoms with Crippen LogP contribution in [0.5, 0.6) is 5.75 Å². The van der Waals surface area contributed by atoms with Crippen LogP contribution in [0.25, 0.3) is 0 Å². The van der Waals surface area contributed by atoms with E-state index in [0.717, 1.165) is 71.1 Å². The van der Waals surface area contributed by atoms with Crippen LogP contribution in [-0.4, -0.2) is 60.5 Å². The molecule has 6 nitrogen and oxygen atoms in total. The van der Waals surface area contributed by atoms with E-state index in [1.54, 1.807) is 18.4 Å². The first-order valence-electron chi connectivity index (χ1n) is 11.1. The summed E-state index contributed by atoms with van der Waals surface area (Å²) in [5.41, 5.74) is 4.33. The van der Waals surface area contributed by atoms with Crippen LogP contribution < -0.4 is 10.1 Å². The van der Waals surface area contributed by atoms with Crippen LogP contribution >= 0.6 is 36.2 Å². The highest BCUT2D eigenvalue weighted by atomic mass is 35.5. The second kappa shape index (κ2) is 11.4. The van der Waals surface area contributed by atoms with Crippen molar-refractivity contribution in [2.24, 2.45) is 4.99 Å². The van der Waals surface area contributed by atoms with Gasteiger partial charge >= 0.3 is 0 Å². The van der Waals surface area contributed by atoms with Crippen LogP contribution in [0.1, 0.15) is 22.7 Å². The molecule has 2 aromatic carbocycles. The van der Waals surface area contributed by atoms with E-state index in [-0.39, 0.29) is 24.8 Å². The molecule has 0 radical (unpaired) electrons. The number of para-hydroxylation sites is 2. The predicted molar refractivity (Wildman–Crippen MR) is 147 cm³/mol. The molecule has 1 aromatic heterocycles. The van der Waals surface area contributed by atoms with Crippen LogP contribution in [0.3, 0.4) is 0 Å². The van der Waals surface area contributed by atoms with Gasteiger partial charge in [-0.05, 0) is 56.6 Å². The number of nitrogens with zero attached hydrogens (tertiary/aromatic N) is 4. The molecule has 1 N–H and O–H groups in total. The molecule has 0 amide bonds. The highest BCUT2D eigenvalue weighted by molar-refractivity contribution is 7.16. The molecule has 0 aliphatic carbocycles. The van der Waals surface area contributed by atoms with Crippen molar-refractivity contribution in [2.75, 3.05) is 39.1 Å². The van der Waals surface area contributed by atoms with Crippen LogP contribution in [0.15, 0.2) is 53.5 Å². The van der Waals surface area contributed by atoms with Gasteiger partial charge in [0.05, 0.1) is 23.5 Å². The van der Waals surface area contributed by atoms with E-state index in [9.17, 15) is 0 Å². The van der Waals surface area contributed by atoms with E-state index in [2.05, 4.69) is 53.4 Å². The van der Waals surface area contributed by atoms with Crippen LogP contribution in [-0.2, 0) is 6.42 Å². The Balaban J connectivity index is 0.00000162. The van der Waals surface area contributed by atoms with Gasteiger partial charge in [0.15, 0.2) is 5.84 Å². The number of rotatable bonds is 4. The molecule has 2 aliphatic heterocycles. The van der Waals surface area contributed by atoms with E-state index < -0.39 is 0 Å². The fourth-order valence-corrected chi connectivity index (χ4v) is 5.25. The highest BCUT2D eigenvalue weighted by Gasteiger charge is 2.30. The number of aromatic nitrogens is 1. The summed E-state index contributed by atoms with van der Waals surface area (Å²) in [7, 11) is 3.94. The Hall–Kier alpha value is -2.32. The second-order valence-corrected chi connectivity index (χ2v) is 9.66. The van der Waals surface area contributed by atoms with E-state index in [0.29, 0.717) is 6.04 Å². The second-order valence-electron chi connectivity index (χ2n) is 8.46. The molecule has 0 bridgehead atoms. The molecule has 3 heterocycles. The number of fused-ring (bicyclic) bond motifs is 2. The maximum atomic E-state index is 5.29. The van der Waals surface area contributed by atoms with Crippen molar-refractivity contribution in [3.05, 3.63) is 64.8 Å². The molecule has 1 fully saturated rings. The quantitative estimate of drug-likeness (QED) is 0.479. The van der Waals surface area contributed by atoms with Gasteiger partial charge in [-0.15, -0.1) is 36.2 Å². The summed E-state index contributed by atoms with van der Waals surface area (Å²) in [4.78, 5) is 14.9. The molecule has 182 valence electrons. The molecule has 3 aromatic rings. The van der Waals surface area contributed by atoms with Crippen molar-refractivity contribution in [3.8, 4) is 5.75 Å². The normalized spacial score (nSPS) is 17.2. The molecule has 34 heavy (non-hydrogen) atoms. The average molecular weight is 521 g/mol. The van der Waals surface area contributed by atoms with E-state index in [1.165, 1.54) is 5.56 Å². The summed E-state index contributed by atoms with van der Waals surface area (Å²) in [6.45, 7) is 4.97. The van der Waals surface area contributed by atoms with Gasteiger partial charge < -0.3 is 15.0 Å². The van der Waals surface area contributed by atoms with Gasteiger partial charge in [0.2, 0.25) is 0 Å². The number of methoxy groups -OCH3 is 1. The van der Waals surface area contributed by atoms with Gasteiger partial charge in [0.25, 0.3) is 0 Å². The number of likely N-dealkylation sites (N-methyl/N-ethyl adjacent to an activating group) is 1. The largest absolute Gasteiger partial charge is 0.497 e. The summed E-state index contributed by atoms with van der Waals surface area (Å²) >= 11 is 1.70. The molecule has 1 saturated heterocycles. The van der Waals surface area contributed by atoms with Gasteiger partial charge in [0.1, 0.15) is 16.4 Å². The third kappa shape index (κ3) is 5.49. The molecule has 0 spiro atoms. The molecule has 9 heteroatoms. The number of thiazole rings is 1. The monoisotopic (exact) mass is 519 g/mol. The van der Waals surface area contributed by atoms with Crippen LogP contribution in [0.2, 0.25) is 0 Å². The summed E-state index contributed by atoms with van der Waals surface area (Å²) < 4.78 is 5.29. The molecule has 5 rings (SSSR count). The third-order valence-corrected chi connectivity index (χ3v) is 7.21. The molecule has 2 aliphatic rings. The Morgan fingerprint density at radius 1 is 1.09 bits per heavy atom. The Morgan fingerprint density at radius 2 is 1.85 bits per heavy atom. The van der Waals surface area contributed by atoms with Crippen molar-refractivity contribution in [2.45, 2.75) is 25.8 Å². The smallest absolute Gasteiger partial charge is 0.158 e. The number of hydrogen-bond donors (Lipinski definition) is 1. The first-order valence-corrected chi connectivity index (χ1v) is 11.9. The lowest BCUT2D eigenvalue weighted by Gasteiger charge is -2.40. The summed E-state index contributed by atoms with van der Waals surface area (Å²) in [5, 5.41) is 5.70. The van der Waals surface area contributed by atoms with Gasteiger partial charge in [-0.2, -0.15) is 0 Å². The SMILES string of the molecule is COc1ccc(CC[C@H]2CN(C3=Nc4ccccc4Nc4sc(C)nc43)CCN2C)cc1.Cl.Cl. The van der Waals surface area contributed by atoms with Crippen LogP contribution in [0, 0.1) is 6.92 Å². The molecular weight excluding hydrogens is 489 g/mol. The Kier molecular flexibility index (Phi) is 8.82. The summed E-state index contributed by atoms with van der Waals surface area (Å²) in [6.07, 6.45) is 2.15. The topological polar surface area (TPSA) is 53.0 Å². The molecule has 0 unspecified atom stereocenters. The standard InChI is InChI=1S/C25H29N5OS.2ClH/c1-17-26-23-24(27-21-6-4-5-7-22(21)28-25(23)32-17)30-15-14-29(2)19(16-30)11-8-18-9-12-20(31-3)13-10-18;;/h4-7,9-10,12-13,19,28H,8,11,14-16H2,1-3H3;2*1H/t19-;;/m0../s1. The van der Waals surface area contributed by atoms with E-state index in [4.69, 9.17) is 14.7 Å². The number of anilines is 2. The first kappa shape index (κ1) is 26.3. The zero-order valence-corrected chi connectivity index (χ0v) is 22.1. The Bertz CT molecular complexity index is 1130. The van der Waals surface area contributed by atoms with E-state index in [1.807, 2.05) is 24.3 Å². The Labute approximate surface area is 217 Å². The minimum Gasteiger partial charge on any atom is -0.497 e. The average Bonchev–Trinajstić information content (AvgIpc) is 3.10. The van der Waals surface area contributed by atoms with Gasteiger partial charge in [-0.1, -0.05) is 24.3 Å². The van der Waals surface area contributed by atoms with Crippen molar-refractivity contribution >= 4 is 58.4 Å². The first-order chi connectivity index (χ1) is 15.6. The lowest BCUT2D eigenvalue weighted by Crippen LogP contribution is -2.53. The zero-order chi connectivity index (χ0) is 22.1. The fraction of sp³-hybridized carbons (Fsp3) is 0.360. The van der Waals surface area contributed by atoms with Crippen molar-refractivity contribution in [1.29, 1.82) is 0 Å². The number of benzene rings is 2. The van der Waals surface area contributed by atoms with Crippen molar-refractivity contribution in [3.63, 3.8) is 0 Å². The number of ether oxygens (including phenoxy) is 1. The minimum absolute atomic E-state index is 0. The zero-order valence-electron chi connectivity index (χ0n) is 19.7. The predicted octanol–water partition coefficient (Wildman–Crippen LogP) is 5.69. The third-order valence-electron chi connectivity index (χ3n) is 6.33.